The normalized spacial score (nSPS) is 16.2. The van der Waals surface area contributed by atoms with E-state index in [4.69, 9.17) is 9.47 Å². The molecule has 0 saturated carbocycles. The van der Waals surface area contributed by atoms with Crippen molar-refractivity contribution in [3.63, 3.8) is 0 Å². The molecular formula is C21H24N2O4S. The Bertz CT molecular complexity index is 854. The zero-order chi connectivity index (χ0) is 20.1. The number of methoxy groups -OCH3 is 2. The number of rotatable bonds is 7. The molecule has 0 aromatic heterocycles. The Morgan fingerprint density at radius 1 is 1.18 bits per heavy atom. The summed E-state index contributed by atoms with van der Waals surface area (Å²) in [7, 11) is 3.17. The maximum Gasteiger partial charge on any atom is 0.238 e. The molecule has 148 valence electrons. The van der Waals surface area contributed by atoms with Crippen LogP contribution in [0.2, 0.25) is 0 Å². The van der Waals surface area contributed by atoms with Gasteiger partial charge in [-0.15, -0.1) is 11.8 Å². The van der Waals surface area contributed by atoms with Crippen LogP contribution in [0.4, 0.5) is 11.4 Å². The summed E-state index contributed by atoms with van der Waals surface area (Å²) in [6.45, 7) is 1.97. The van der Waals surface area contributed by atoms with Crippen molar-refractivity contribution in [1.82, 2.24) is 0 Å². The minimum Gasteiger partial charge on any atom is -0.497 e. The molecule has 0 aliphatic carbocycles. The maximum atomic E-state index is 12.6. The van der Waals surface area contributed by atoms with Crippen LogP contribution in [0.3, 0.4) is 0 Å². The summed E-state index contributed by atoms with van der Waals surface area (Å²) in [6, 6.07) is 13.1. The molecule has 2 amide bonds. The van der Waals surface area contributed by atoms with Gasteiger partial charge in [-0.3, -0.25) is 14.5 Å². The van der Waals surface area contributed by atoms with Gasteiger partial charge in [0.15, 0.2) is 0 Å². The van der Waals surface area contributed by atoms with E-state index in [-0.39, 0.29) is 17.2 Å². The predicted molar refractivity (Wildman–Crippen MR) is 112 cm³/mol. The maximum absolute atomic E-state index is 12.6. The first-order valence-corrected chi connectivity index (χ1v) is 10.2. The largest absolute Gasteiger partial charge is 0.497 e. The average molecular weight is 401 g/mol. The number of ether oxygens (including phenoxy) is 2. The van der Waals surface area contributed by atoms with Crippen molar-refractivity contribution in [3.8, 4) is 11.5 Å². The summed E-state index contributed by atoms with van der Waals surface area (Å²) < 4.78 is 10.7. The average Bonchev–Trinajstić information content (AvgIpc) is 3.09. The van der Waals surface area contributed by atoms with E-state index < -0.39 is 0 Å². The number of anilines is 2. The third-order valence-electron chi connectivity index (χ3n) is 4.47. The smallest absolute Gasteiger partial charge is 0.238 e. The second-order valence-corrected chi connectivity index (χ2v) is 7.45. The Labute approximate surface area is 169 Å². The highest BCUT2D eigenvalue weighted by Gasteiger charge is 2.35. The highest BCUT2D eigenvalue weighted by molar-refractivity contribution is 8.00. The number of thioether (sulfide) groups is 1. The van der Waals surface area contributed by atoms with Crippen molar-refractivity contribution in [3.05, 3.63) is 48.0 Å². The van der Waals surface area contributed by atoms with Crippen LogP contribution >= 0.6 is 11.8 Å². The van der Waals surface area contributed by atoms with Gasteiger partial charge in [0.05, 0.1) is 25.7 Å². The zero-order valence-electron chi connectivity index (χ0n) is 16.2. The van der Waals surface area contributed by atoms with Crippen molar-refractivity contribution < 1.29 is 19.1 Å². The van der Waals surface area contributed by atoms with E-state index in [0.29, 0.717) is 29.4 Å². The summed E-state index contributed by atoms with van der Waals surface area (Å²) in [5.41, 5.74) is 2.45. The van der Waals surface area contributed by atoms with E-state index in [0.717, 1.165) is 17.7 Å². The number of nitrogens with zero attached hydrogens (tertiary/aromatic N) is 1. The molecule has 1 atom stereocenters. The molecule has 1 heterocycles. The van der Waals surface area contributed by atoms with E-state index in [2.05, 4.69) is 5.32 Å². The first-order valence-electron chi connectivity index (χ1n) is 9.13. The van der Waals surface area contributed by atoms with Crippen molar-refractivity contribution in [1.29, 1.82) is 0 Å². The Morgan fingerprint density at radius 2 is 1.93 bits per heavy atom. The molecule has 2 aromatic carbocycles. The third-order valence-corrected chi connectivity index (χ3v) is 5.68. The SMILES string of the molecule is CCCC(=O)Nc1ccc(C2SCC(=O)N2c2ccc(OC)cc2OC)cc1. The van der Waals surface area contributed by atoms with Gasteiger partial charge in [-0.1, -0.05) is 19.1 Å². The molecule has 28 heavy (non-hydrogen) atoms. The first kappa shape index (κ1) is 20.1. The molecule has 1 saturated heterocycles. The summed E-state index contributed by atoms with van der Waals surface area (Å²) in [5, 5.41) is 2.73. The minimum atomic E-state index is -0.157. The summed E-state index contributed by atoms with van der Waals surface area (Å²) in [5.74, 6) is 1.69. The van der Waals surface area contributed by atoms with Crippen LogP contribution in [0.15, 0.2) is 42.5 Å². The molecular weight excluding hydrogens is 376 g/mol. The zero-order valence-corrected chi connectivity index (χ0v) is 17.0. The Morgan fingerprint density at radius 3 is 2.57 bits per heavy atom. The van der Waals surface area contributed by atoms with Crippen LogP contribution < -0.4 is 19.7 Å². The standard InChI is InChI=1S/C21H24N2O4S/c1-4-5-19(24)22-15-8-6-14(7-9-15)21-23(20(25)13-28-21)17-11-10-16(26-2)12-18(17)27-3/h6-12,21H,4-5,13H2,1-3H3,(H,22,24). The van der Waals surface area contributed by atoms with Gasteiger partial charge in [0.25, 0.3) is 0 Å². The Hall–Kier alpha value is -2.67. The van der Waals surface area contributed by atoms with Crippen LogP contribution in [0, 0.1) is 0 Å². The number of nitrogens with one attached hydrogen (secondary N) is 1. The molecule has 1 aliphatic heterocycles. The monoisotopic (exact) mass is 400 g/mol. The quantitative estimate of drug-likeness (QED) is 0.754. The number of carbonyl (C=O) groups is 2. The van der Waals surface area contributed by atoms with Gasteiger partial charge in [0, 0.05) is 18.2 Å². The lowest BCUT2D eigenvalue weighted by Gasteiger charge is -2.26. The second kappa shape index (κ2) is 9.01. The second-order valence-electron chi connectivity index (χ2n) is 6.39. The third kappa shape index (κ3) is 4.25. The topological polar surface area (TPSA) is 67.9 Å². The molecule has 6 nitrogen and oxygen atoms in total. The molecule has 0 spiro atoms. The molecule has 1 unspecified atom stereocenters. The fourth-order valence-corrected chi connectivity index (χ4v) is 4.27. The molecule has 1 N–H and O–H groups in total. The van der Waals surface area contributed by atoms with Crippen molar-refractivity contribution in [2.24, 2.45) is 0 Å². The lowest BCUT2D eigenvalue weighted by Crippen LogP contribution is -2.28. The number of carbonyl (C=O) groups excluding carboxylic acids is 2. The van der Waals surface area contributed by atoms with Crippen LogP contribution in [0.5, 0.6) is 11.5 Å². The first-order chi connectivity index (χ1) is 13.6. The van der Waals surface area contributed by atoms with Gasteiger partial charge in [-0.05, 0) is 36.2 Å². The highest BCUT2D eigenvalue weighted by Crippen LogP contribution is 2.45. The van der Waals surface area contributed by atoms with Crippen LogP contribution in [-0.2, 0) is 9.59 Å². The molecule has 7 heteroatoms. The van der Waals surface area contributed by atoms with Gasteiger partial charge in [-0.25, -0.2) is 0 Å². The lowest BCUT2D eigenvalue weighted by atomic mass is 10.1. The van der Waals surface area contributed by atoms with Gasteiger partial charge < -0.3 is 14.8 Å². The van der Waals surface area contributed by atoms with E-state index in [1.54, 1.807) is 36.9 Å². The number of hydrogen-bond acceptors (Lipinski definition) is 5. The van der Waals surface area contributed by atoms with Crippen molar-refractivity contribution >= 4 is 35.0 Å². The molecule has 1 fully saturated rings. The minimum absolute atomic E-state index is 0.00487. The number of benzene rings is 2. The molecule has 0 radical (unpaired) electrons. The van der Waals surface area contributed by atoms with E-state index in [1.165, 1.54) is 0 Å². The molecule has 3 rings (SSSR count). The van der Waals surface area contributed by atoms with Crippen LogP contribution in [-0.4, -0.2) is 31.8 Å². The lowest BCUT2D eigenvalue weighted by molar-refractivity contribution is -0.116. The van der Waals surface area contributed by atoms with Crippen molar-refractivity contribution in [2.75, 3.05) is 30.2 Å². The van der Waals surface area contributed by atoms with E-state index in [9.17, 15) is 9.59 Å². The predicted octanol–water partition coefficient (Wildman–Crippen LogP) is 4.22. The summed E-state index contributed by atoms with van der Waals surface area (Å²) >= 11 is 1.57. The fourth-order valence-electron chi connectivity index (χ4n) is 3.10. The van der Waals surface area contributed by atoms with E-state index >= 15 is 0 Å². The highest BCUT2D eigenvalue weighted by atomic mass is 32.2. The Kier molecular flexibility index (Phi) is 6.46. The molecule has 1 aliphatic rings. The fraction of sp³-hybridized carbons (Fsp3) is 0.333. The van der Waals surface area contributed by atoms with Crippen LogP contribution in [0.1, 0.15) is 30.7 Å². The van der Waals surface area contributed by atoms with Gasteiger partial charge in [0.2, 0.25) is 11.8 Å². The summed E-state index contributed by atoms with van der Waals surface area (Å²) in [4.78, 5) is 26.1. The number of amides is 2. The van der Waals surface area contributed by atoms with Crippen molar-refractivity contribution in [2.45, 2.75) is 25.1 Å². The van der Waals surface area contributed by atoms with E-state index in [1.807, 2.05) is 43.3 Å². The van der Waals surface area contributed by atoms with Crippen LogP contribution in [0.25, 0.3) is 0 Å². The van der Waals surface area contributed by atoms with Gasteiger partial charge in [-0.2, -0.15) is 0 Å². The van der Waals surface area contributed by atoms with Gasteiger partial charge >= 0.3 is 0 Å². The van der Waals surface area contributed by atoms with Gasteiger partial charge in [0.1, 0.15) is 16.9 Å². The Balaban J connectivity index is 1.86. The summed E-state index contributed by atoms with van der Waals surface area (Å²) in [6.07, 6.45) is 1.31. The molecule has 0 bridgehead atoms. The number of hydrogen-bond donors (Lipinski definition) is 1. The molecule has 2 aromatic rings.